The van der Waals surface area contributed by atoms with Crippen LogP contribution in [0.5, 0.6) is 0 Å². The summed E-state index contributed by atoms with van der Waals surface area (Å²) in [6, 6.07) is 12.8. The summed E-state index contributed by atoms with van der Waals surface area (Å²) in [7, 11) is 0. The van der Waals surface area contributed by atoms with Gasteiger partial charge in [-0.15, -0.1) is 0 Å². The van der Waals surface area contributed by atoms with E-state index in [1.165, 1.54) is 0 Å². The number of fused-ring (bicyclic) bond motifs is 1. The second-order valence-corrected chi connectivity index (χ2v) is 5.81. The van der Waals surface area contributed by atoms with Crippen LogP contribution in [0.2, 0.25) is 0 Å². The Morgan fingerprint density at radius 1 is 1.08 bits per heavy atom. The number of amides is 3. The highest BCUT2D eigenvalue weighted by molar-refractivity contribution is 5.96. The maximum absolute atomic E-state index is 12.0. The third kappa shape index (κ3) is 5.60. The van der Waals surface area contributed by atoms with Crippen molar-refractivity contribution >= 4 is 28.7 Å². The molecule has 0 aliphatic rings. The van der Waals surface area contributed by atoms with Crippen molar-refractivity contribution in [2.45, 2.75) is 32.7 Å². The average molecular weight is 342 g/mol. The van der Waals surface area contributed by atoms with E-state index in [9.17, 15) is 14.4 Å². The van der Waals surface area contributed by atoms with Gasteiger partial charge in [0.25, 0.3) is 5.91 Å². The molecule has 0 saturated carbocycles. The number of hydrogen-bond donors (Lipinski definition) is 2. The SMILES string of the molecule is CC[C@@H](C)NC(=O)NC(=O)COC(=O)Cc1cccc2ccccc12. The van der Waals surface area contributed by atoms with Crippen molar-refractivity contribution in [3.63, 3.8) is 0 Å². The quantitative estimate of drug-likeness (QED) is 0.790. The molecule has 6 nitrogen and oxygen atoms in total. The van der Waals surface area contributed by atoms with Crippen LogP contribution in [0.3, 0.4) is 0 Å². The summed E-state index contributed by atoms with van der Waals surface area (Å²) in [6.07, 6.45) is 0.815. The molecule has 2 rings (SSSR count). The van der Waals surface area contributed by atoms with Crippen LogP contribution in [0.1, 0.15) is 25.8 Å². The van der Waals surface area contributed by atoms with Gasteiger partial charge >= 0.3 is 12.0 Å². The number of imide groups is 1. The summed E-state index contributed by atoms with van der Waals surface area (Å²) in [4.78, 5) is 35.1. The van der Waals surface area contributed by atoms with Crippen molar-refractivity contribution in [3.05, 3.63) is 48.0 Å². The van der Waals surface area contributed by atoms with Gasteiger partial charge in [0, 0.05) is 6.04 Å². The van der Waals surface area contributed by atoms with Gasteiger partial charge in [0.15, 0.2) is 6.61 Å². The summed E-state index contributed by atoms with van der Waals surface area (Å²) in [5, 5.41) is 6.73. The molecule has 1 atom stereocenters. The van der Waals surface area contributed by atoms with Crippen LogP contribution >= 0.6 is 0 Å². The second-order valence-electron chi connectivity index (χ2n) is 5.81. The standard InChI is InChI=1S/C19H22N2O4/c1-3-13(2)20-19(24)21-17(22)12-25-18(23)11-15-9-6-8-14-7-4-5-10-16(14)15/h4-10,13H,3,11-12H2,1-2H3,(H2,20,21,22,24)/t13-/m1/s1. The first-order valence-electron chi connectivity index (χ1n) is 8.22. The van der Waals surface area contributed by atoms with Crippen molar-refractivity contribution in [1.82, 2.24) is 10.6 Å². The molecule has 132 valence electrons. The minimum Gasteiger partial charge on any atom is -0.455 e. The number of benzene rings is 2. The van der Waals surface area contributed by atoms with Gasteiger partial charge in [-0.2, -0.15) is 0 Å². The molecule has 0 saturated heterocycles. The largest absolute Gasteiger partial charge is 0.455 e. The van der Waals surface area contributed by atoms with E-state index in [0.29, 0.717) is 0 Å². The van der Waals surface area contributed by atoms with E-state index >= 15 is 0 Å². The van der Waals surface area contributed by atoms with E-state index in [1.54, 1.807) is 0 Å². The Hall–Kier alpha value is -2.89. The van der Waals surface area contributed by atoms with E-state index in [-0.39, 0.29) is 12.5 Å². The minimum absolute atomic E-state index is 0.0401. The lowest BCUT2D eigenvalue weighted by atomic mass is 10.0. The highest BCUT2D eigenvalue weighted by atomic mass is 16.5. The Morgan fingerprint density at radius 2 is 1.80 bits per heavy atom. The van der Waals surface area contributed by atoms with E-state index in [2.05, 4.69) is 10.6 Å². The lowest BCUT2D eigenvalue weighted by molar-refractivity contribution is -0.147. The first kappa shape index (κ1) is 18.4. The van der Waals surface area contributed by atoms with E-state index in [4.69, 9.17) is 4.74 Å². The second kappa shape index (κ2) is 8.82. The monoisotopic (exact) mass is 342 g/mol. The maximum atomic E-state index is 12.0. The zero-order chi connectivity index (χ0) is 18.2. The molecule has 6 heteroatoms. The summed E-state index contributed by atoms with van der Waals surface area (Å²) in [6.45, 7) is 3.26. The van der Waals surface area contributed by atoms with Crippen molar-refractivity contribution < 1.29 is 19.1 Å². The molecule has 0 fully saturated rings. The summed E-state index contributed by atoms with van der Waals surface area (Å²) < 4.78 is 4.96. The first-order chi connectivity index (χ1) is 12.0. The predicted molar refractivity (Wildman–Crippen MR) is 95.0 cm³/mol. The molecule has 0 unspecified atom stereocenters. The number of carbonyl (C=O) groups is 3. The fourth-order valence-corrected chi connectivity index (χ4v) is 2.32. The smallest absolute Gasteiger partial charge is 0.321 e. The van der Waals surface area contributed by atoms with Gasteiger partial charge in [0.2, 0.25) is 0 Å². The molecule has 0 aromatic heterocycles. The third-order valence-electron chi connectivity index (χ3n) is 3.82. The van der Waals surface area contributed by atoms with Crippen LogP contribution in [0, 0.1) is 0 Å². The van der Waals surface area contributed by atoms with Crippen molar-refractivity contribution in [1.29, 1.82) is 0 Å². The van der Waals surface area contributed by atoms with Gasteiger partial charge < -0.3 is 10.1 Å². The molecular weight excluding hydrogens is 320 g/mol. The fraction of sp³-hybridized carbons (Fsp3) is 0.316. The molecular formula is C19H22N2O4. The number of carbonyl (C=O) groups excluding carboxylic acids is 3. The molecule has 25 heavy (non-hydrogen) atoms. The molecule has 0 heterocycles. The van der Waals surface area contributed by atoms with E-state index in [0.717, 1.165) is 22.8 Å². The van der Waals surface area contributed by atoms with Crippen molar-refractivity contribution in [2.75, 3.05) is 6.61 Å². The van der Waals surface area contributed by atoms with Crippen molar-refractivity contribution in [3.8, 4) is 0 Å². The zero-order valence-corrected chi connectivity index (χ0v) is 14.4. The van der Waals surface area contributed by atoms with Gasteiger partial charge in [-0.1, -0.05) is 49.4 Å². The topological polar surface area (TPSA) is 84.5 Å². The molecule has 2 aromatic rings. The molecule has 0 radical (unpaired) electrons. The molecule has 3 amide bonds. The Morgan fingerprint density at radius 3 is 2.56 bits per heavy atom. The number of nitrogens with one attached hydrogen (secondary N) is 2. The Bertz CT molecular complexity index is 768. The third-order valence-corrected chi connectivity index (χ3v) is 3.82. The molecule has 0 bridgehead atoms. The van der Waals surface area contributed by atoms with Crippen LogP contribution in [0.15, 0.2) is 42.5 Å². The number of rotatable bonds is 6. The van der Waals surface area contributed by atoms with E-state index in [1.807, 2.05) is 56.3 Å². The molecule has 2 aromatic carbocycles. The van der Waals surface area contributed by atoms with Crippen LogP contribution in [0.4, 0.5) is 4.79 Å². The molecule has 0 aliphatic carbocycles. The number of ether oxygens (including phenoxy) is 1. The number of hydrogen-bond acceptors (Lipinski definition) is 4. The first-order valence-corrected chi connectivity index (χ1v) is 8.22. The van der Waals surface area contributed by atoms with Gasteiger partial charge in [0.1, 0.15) is 0 Å². The highest BCUT2D eigenvalue weighted by Crippen LogP contribution is 2.19. The number of esters is 1. The fourth-order valence-electron chi connectivity index (χ4n) is 2.32. The average Bonchev–Trinajstić information content (AvgIpc) is 2.60. The Labute approximate surface area is 146 Å². The van der Waals surface area contributed by atoms with Crippen LogP contribution < -0.4 is 10.6 Å². The van der Waals surface area contributed by atoms with Gasteiger partial charge in [-0.05, 0) is 29.7 Å². The van der Waals surface area contributed by atoms with Crippen LogP contribution in [-0.4, -0.2) is 30.6 Å². The summed E-state index contributed by atoms with van der Waals surface area (Å²) in [5.41, 5.74) is 0.832. The zero-order valence-electron chi connectivity index (χ0n) is 14.4. The van der Waals surface area contributed by atoms with Crippen LogP contribution in [0.25, 0.3) is 10.8 Å². The predicted octanol–water partition coefficient (Wildman–Crippen LogP) is 2.55. The van der Waals surface area contributed by atoms with Gasteiger partial charge in [-0.3, -0.25) is 14.9 Å². The highest BCUT2D eigenvalue weighted by Gasteiger charge is 2.13. The normalized spacial score (nSPS) is 11.6. The molecule has 2 N–H and O–H groups in total. The van der Waals surface area contributed by atoms with Gasteiger partial charge in [0.05, 0.1) is 6.42 Å². The molecule has 0 aliphatic heterocycles. The lowest BCUT2D eigenvalue weighted by Crippen LogP contribution is -2.44. The Kier molecular flexibility index (Phi) is 6.51. The number of urea groups is 1. The van der Waals surface area contributed by atoms with Gasteiger partial charge in [-0.25, -0.2) is 4.79 Å². The Balaban J connectivity index is 1.84. The molecule has 0 spiro atoms. The lowest BCUT2D eigenvalue weighted by Gasteiger charge is -2.12. The van der Waals surface area contributed by atoms with Crippen molar-refractivity contribution in [2.24, 2.45) is 0 Å². The summed E-state index contributed by atoms with van der Waals surface area (Å²) in [5.74, 6) is -1.18. The van der Waals surface area contributed by atoms with Crippen LogP contribution in [-0.2, 0) is 20.7 Å². The summed E-state index contributed by atoms with van der Waals surface area (Å²) >= 11 is 0. The minimum atomic E-state index is -0.660. The maximum Gasteiger partial charge on any atom is 0.321 e. The van der Waals surface area contributed by atoms with E-state index < -0.39 is 24.5 Å².